The van der Waals surface area contributed by atoms with Gasteiger partial charge in [0, 0.05) is 13.0 Å². The second kappa shape index (κ2) is 4.58. The molecule has 0 rings (SSSR count). The fourth-order valence-electron chi connectivity index (χ4n) is 0.551. The molecule has 0 spiro atoms. The summed E-state index contributed by atoms with van der Waals surface area (Å²) in [5.41, 5.74) is 0. The lowest BCUT2D eigenvalue weighted by atomic mass is 10.3. The van der Waals surface area contributed by atoms with Gasteiger partial charge < -0.3 is 5.32 Å². The second-order valence-corrected chi connectivity index (χ2v) is 2.95. The largest absolute Gasteiger partial charge is 0.350 e. The van der Waals surface area contributed by atoms with Gasteiger partial charge >= 0.3 is 0 Å². The van der Waals surface area contributed by atoms with E-state index in [0.717, 1.165) is 0 Å². The van der Waals surface area contributed by atoms with Crippen molar-refractivity contribution in [3.05, 3.63) is 10.6 Å². The highest BCUT2D eigenvalue weighted by molar-refractivity contribution is 6.55. The molecule has 0 fully saturated rings. The Hall–Kier alpha value is -0.210. The first kappa shape index (κ1) is 9.79. The third kappa shape index (κ3) is 5.92. The SMILES string of the molecule is CC(=O)NC(C)C=C(Cl)Cl. The van der Waals surface area contributed by atoms with Gasteiger partial charge in [-0.2, -0.15) is 0 Å². The number of rotatable bonds is 2. The van der Waals surface area contributed by atoms with Crippen LogP contribution in [-0.2, 0) is 4.79 Å². The van der Waals surface area contributed by atoms with Crippen LogP contribution in [0.15, 0.2) is 10.6 Å². The summed E-state index contributed by atoms with van der Waals surface area (Å²) in [4.78, 5) is 10.4. The molecule has 0 bridgehead atoms. The Morgan fingerprint density at radius 3 is 2.40 bits per heavy atom. The molecule has 0 saturated carbocycles. The minimum atomic E-state index is -0.109. The molecule has 58 valence electrons. The zero-order chi connectivity index (χ0) is 8.15. The molecule has 4 heteroatoms. The van der Waals surface area contributed by atoms with Crippen molar-refractivity contribution in [3.8, 4) is 0 Å². The Labute approximate surface area is 70.2 Å². The van der Waals surface area contributed by atoms with Crippen molar-refractivity contribution in [2.24, 2.45) is 0 Å². The predicted octanol–water partition coefficient (Wildman–Crippen LogP) is 1.83. The summed E-state index contributed by atoms with van der Waals surface area (Å²) in [7, 11) is 0. The Bertz CT molecular complexity index is 152. The Morgan fingerprint density at radius 2 is 2.10 bits per heavy atom. The monoisotopic (exact) mass is 181 g/mol. The summed E-state index contributed by atoms with van der Waals surface area (Å²) in [6, 6.07) is -0.109. The van der Waals surface area contributed by atoms with Crippen molar-refractivity contribution in [1.29, 1.82) is 0 Å². The van der Waals surface area contributed by atoms with Crippen molar-refractivity contribution in [1.82, 2.24) is 5.32 Å². The van der Waals surface area contributed by atoms with E-state index >= 15 is 0 Å². The quantitative estimate of drug-likeness (QED) is 0.693. The van der Waals surface area contributed by atoms with Crippen LogP contribution in [0.4, 0.5) is 0 Å². The first-order chi connectivity index (χ1) is 4.52. The van der Waals surface area contributed by atoms with Gasteiger partial charge in [-0.25, -0.2) is 0 Å². The van der Waals surface area contributed by atoms with Gasteiger partial charge in [0.2, 0.25) is 5.91 Å². The van der Waals surface area contributed by atoms with Crippen LogP contribution in [0, 0.1) is 0 Å². The van der Waals surface area contributed by atoms with E-state index in [1.807, 2.05) is 0 Å². The molecule has 1 atom stereocenters. The van der Waals surface area contributed by atoms with Gasteiger partial charge in [0.05, 0.1) is 0 Å². The van der Waals surface area contributed by atoms with Gasteiger partial charge in [0.25, 0.3) is 0 Å². The van der Waals surface area contributed by atoms with Crippen molar-refractivity contribution in [2.75, 3.05) is 0 Å². The summed E-state index contributed by atoms with van der Waals surface area (Å²) >= 11 is 10.7. The van der Waals surface area contributed by atoms with E-state index in [0.29, 0.717) is 0 Å². The molecule has 0 aromatic rings. The van der Waals surface area contributed by atoms with Crippen molar-refractivity contribution in [2.45, 2.75) is 19.9 Å². The molecule has 0 aromatic carbocycles. The van der Waals surface area contributed by atoms with Gasteiger partial charge in [0.15, 0.2) is 0 Å². The highest BCUT2D eigenvalue weighted by Gasteiger charge is 1.98. The zero-order valence-corrected chi connectivity index (χ0v) is 7.33. The van der Waals surface area contributed by atoms with E-state index in [1.165, 1.54) is 6.92 Å². The normalized spacial score (nSPS) is 12.0. The van der Waals surface area contributed by atoms with E-state index in [1.54, 1.807) is 13.0 Å². The van der Waals surface area contributed by atoms with Crippen LogP contribution in [-0.4, -0.2) is 11.9 Å². The summed E-state index contributed by atoms with van der Waals surface area (Å²) in [6.07, 6.45) is 1.55. The lowest BCUT2D eigenvalue weighted by molar-refractivity contribution is -0.119. The Morgan fingerprint density at radius 1 is 1.60 bits per heavy atom. The number of hydrogen-bond acceptors (Lipinski definition) is 1. The molecule has 0 aromatic heterocycles. The van der Waals surface area contributed by atoms with Gasteiger partial charge in [0.1, 0.15) is 4.49 Å². The zero-order valence-electron chi connectivity index (χ0n) is 5.82. The highest BCUT2D eigenvalue weighted by atomic mass is 35.5. The van der Waals surface area contributed by atoms with Crippen molar-refractivity contribution in [3.63, 3.8) is 0 Å². The highest BCUT2D eigenvalue weighted by Crippen LogP contribution is 2.06. The number of carbonyl (C=O) groups is 1. The first-order valence-corrected chi connectivity index (χ1v) is 3.58. The van der Waals surface area contributed by atoms with E-state index < -0.39 is 0 Å². The van der Waals surface area contributed by atoms with E-state index in [4.69, 9.17) is 23.2 Å². The topological polar surface area (TPSA) is 29.1 Å². The van der Waals surface area contributed by atoms with Crippen LogP contribution < -0.4 is 5.32 Å². The Kier molecular flexibility index (Phi) is 4.49. The summed E-state index contributed by atoms with van der Waals surface area (Å²) in [5.74, 6) is -0.0988. The maximum Gasteiger partial charge on any atom is 0.217 e. The van der Waals surface area contributed by atoms with E-state index in [2.05, 4.69) is 5.32 Å². The molecule has 0 radical (unpaired) electrons. The molecule has 10 heavy (non-hydrogen) atoms. The van der Waals surface area contributed by atoms with Crippen LogP contribution in [0.1, 0.15) is 13.8 Å². The summed E-state index contributed by atoms with van der Waals surface area (Å²) in [6.45, 7) is 3.22. The van der Waals surface area contributed by atoms with Crippen LogP contribution in [0.5, 0.6) is 0 Å². The Balaban J connectivity index is 3.75. The molecule has 1 amide bonds. The molecule has 0 aliphatic rings. The predicted molar refractivity (Wildman–Crippen MR) is 43.1 cm³/mol. The molecule has 0 saturated heterocycles. The average Bonchev–Trinajstić information content (AvgIpc) is 1.58. The summed E-state index contributed by atoms with van der Waals surface area (Å²) < 4.78 is 0.168. The number of halogens is 2. The van der Waals surface area contributed by atoms with Gasteiger partial charge in [-0.1, -0.05) is 23.2 Å². The molecule has 1 unspecified atom stereocenters. The van der Waals surface area contributed by atoms with Crippen LogP contribution in [0.25, 0.3) is 0 Å². The first-order valence-electron chi connectivity index (χ1n) is 2.82. The maximum absolute atomic E-state index is 10.4. The third-order valence-electron chi connectivity index (χ3n) is 0.807. The summed E-state index contributed by atoms with van der Waals surface area (Å²) in [5, 5.41) is 2.59. The van der Waals surface area contributed by atoms with Gasteiger partial charge in [-0.3, -0.25) is 4.79 Å². The number of amides is 1. The van der Waals surface area contributed by atoms with Crippen LogP contribution >= 0.6 is 23.2 Å². The van der Waals surface area contributed by atoms with Crippen molar-refractivity contribution < 1.29 is 4.79 Å². The van der Waals surface area contributed by atoms with Crippen LogP contribution in [0.3, 0.4) is 0 Å². The number of carbonyl (C=O) groups excluding carboxylic acids is 1. The lowest BCUT2D eigenvalue weighted by Gasteiger charge is -2.05. The van der Waals surface area contributed by atoms with Gasteiger partial charge in [-0.05, 0) is 13.0 Å². The molecular weight excluding hydrogens is 173 g/mol. The van der Waals surface area contributed by atoms with Gasteiger partial charge in [-0.15, -0.1) is 0 Å². The fraction of sp³-hybridized carbons (Fsp3) is 0.500. The second-order valence-electron chi connectivity index (χ2n) is 1.95. The van der Waals surface area contributed by atoms with Crippen LogP contribution in [0.2, 0.25) is 0 Å². The fourth-order valence-corrected chi connectivity index (χ4v) is 0.929. The van der Waals surface area contributed by atoms with Crippen molar-refractivity contribution >= 4 is 29.1 Å². The molecule has 0 heterocycles. The van der Waals surface area contributed by atoms with E-state index in [-0.39, 0.29) is 16.4 Å². The molecule has 2 nitrogen and oxygen atoms in total. The minimum absolute atomic E-state index is 0.0988. The third-order valence-corrected chi connectivity index (χ3v) is 1.06. The standard InChI is InChI=1S/C6H9Cl2NO/c1-4(3-6(7)8)9-5(2)10/h3-4H,1-2H3,(H,9,10). The number of hydrogen-bond donors (Lipinski definition) is 1. The molecule has 1 N–H and O–H groups in total. The lowest BCUT2D eigenvalue weighted by Crippen LogP contribution is -2.28. The molecular formula is C6H9Cl2NO. The molecule has 0 aliphatic heterocycles. The maximum atomic E-state index is 10.4. The number of nitrogens with one attached hydrogen (secondary N) is 1. The smallest absolute Gasteiger partial charge is 0.217 e. The van der Waals surface area contributed by atoms with E-state index in [9.17, 15) is 4.79 Å². The average molecular weight is 182 g/mol. The molecule has 0 aliphatic carbocycles. The minimum Gasteiger partial charge on any atom is -0.350 e.